The van der Waals surface area contributed by atoms with Crippen LogP contribution in [0.2, 0.25) is 0 Å². The zero-order chi connectivity index (χ0) is 12.8. The monoisotopic (exact) mass is 257 g/mol. The van der Waals surface area contributed by atoms with Gasteiger partial charge in [-0.3, -0.25) is 4.21 Å². The summed E-state index contributed by atoms with van der Waals surface area (Å²) in [6, 6.07) is 6.42. The third-order valence-corrected chi connectivity index (χ3v) is 4.17. The van der Waals surface area contributed by atoms with Crippen molar-refractivity contribution in [3.05, 3.63) is 30.1 Å². The van der Waals surface area contributed by atoms with Gasteiger partial charge in [0.25, 0.3) is 0 Å². The van der Waals surface area contributed by atoms with E-state index in [-0.39, 0.29) is 11.9 Å². The molecule has 0 spiro atoms. The standard InChI is InChI=1S/C13H20FNOS/c1-4-15-12(10(2)3)9-17(16)13-8-6-5-7-11(13)14/h5-8,10,12,15H,4,9H2,1-3H3. The number of rotatable bonds is 6. The molecule has 0 fully saturated rings. The summed E-state index contributed by atoms with van der Waals surface area (Å²) in [7, 11) is -1.28. The van der Waals surface area contributed by atoms with E-state index in [9.17, 15) is 8.60 Å². The van der Waals surface area contributed by atoms with Crippen molar-refractivity contribution in [1.29, 1.82) is 0 Å². The van der Waals surface area contributed by atoms with E-state index in [0.29, 0.717) is 16.6 Å². The Kier molecular flexibility index (Phi) is 5.78. The van der Waals surface area contributed by atoms with E-state index in [1.54, 1.807) is 18.2 Å². The fraction of sp³-hybridized carbons (Fsp3) is 0.538. The van der Waals surface area contributed by atoms with Crippen LogP contribution in [-0.2, 0) is 10.8 Å². The molecule has 1 aromatic rings. The number of nitrogens with one attached hydrogen (secondary N) is 1. The molecule has 2 atom stereocenters. The van der Waals surface area contributed by atoms with Gasteiger partial charge in [-0.25, -0.2) is 4.39 Å². The first-order valence-electron chi connectivity index (χ1n) is 5.92. The highest BCUT2D eigenvalue weighted by Gasteiger charge is 2.18. The van der Waals surface area contributed by atoms with Gasteiger partial charge in [-0.15, -0.1) is 0 Å². The van der Waals surface area contributed by atoms with Crippen molar-refractivity contribution in [3.8, 4) is 0 Å². The summed E-state index contributed by atoms with van der Waals surface area (Å²) < 4.78 is 25.6. The van der Waals surface area contributed by atoms with Crippen LogP contribution in [0.15, 0.2) is 29.2 Å². The van der Waals surface area contributed by atoms with Crippen molar-refractivity contribution in [2.75, 3.05) is 12.3 Å². The van der Waals surface area contributed by atoms with Gasteiger partial charge in [0.1, 0.15) is 5.82 Å². The Morgan fingerprint density at radius 2 is 2.00 bits per heavy atom. The summed E-state index contributed by atoms with van der Waals surface area (Å²) in [6.45, 7) is 7.00. The van der Waals surface area contributed by atoms with Crippen LogP contribution in [-0.4, -0.2) is 22.5 Å². The van der Waals surface area contributed by atoms with E-state index < -0.39 is 10.8 Å². The van der Waals surface area contributed by atoms with Crippen LogP contribution in [0.25, 0.3) is 0 Å². The summed E-state index contributed by atoms with van der Waals surface area (Å²) in [5.74, 6) is 0.447. The molecule has 0 aliphatic carbocycles. The molecule has 17 heavy (non-hydrogen) atoms. The average molecular weight is 257 g/mol. The summed E-state index contributed by atoms with van der Waals surface area (Å²) in [6.07, 6.45) is 0. The summed E-state index contributed by atoms with van der Waals surface area (Å²) >= 11 is 0. The van der Waals surface area contributed by atoms with Crippen LogP contribution in [0.3, 0.4) is 0 Å². The van der Waals surface area contributed by atoms with Crippen molar-refractivity contribution in [1.82, 2.24) is 5.32 Å². The number of halogens is 1. The molecular formula is C13H20FNOS. The molecule has 0 aliphatic rings. The molecule has 0 radical (unpaired) electrons. The normalized spacial score (nSPS) is 14.9. The van der Waals surface area contributed by atoms with Gasteiger partial charge in [-0.2, -0.15) is 0 Å². The number of hydrogen-bond donors (Lipinski definition) is 1. The lowest BCUT2D eigenvalue weighted by molar-refractivity contribution is 0.440. The highest BCUT2D eigenvalue weighted by Crippen LogP contribution is 2.14. The zero-order valence-corrected chi connectivity index (χ0v) is 11.4. The Morgan fingerprint density at radius 1 is 1.35 bits per heavy atom. The highest BCUT2D eigenvalue weighted by molar-refractivity contribution is 7.85. The maximum absolute atomic E-state index is 13.5. The maximum atomic E-state index is 13.5. The summed E-state index contributed by atoms with van der Waals surface area (Å²) in [5.41, 5.74) is 0. The largest absolute Gasteiger partial charge is 0.313 e. The fourth-order valence-electron chi connectivity index (χ4n) is 1.63. The molecule has 0 aliphatic heterocycles. The quantitative estimate of drug-likeness (QED) is 0.848. The SMILES string of the molecule is CCNC(CS(=O)c1ccccc1F)C(C)C. The third kappa shape index (κ3) is 4.21. The van der Waals surface area contributed by atoms with Crippen molar-refractivity contribution in [3.63, 3.8) is 0 Å². The van der Waals surface area contributed by atoms with Gasteiger partial charge in [-0.05, 0) is 24.6 Å². The van der Waals surface area contributed by atoms with E-state index in [4.69, 9.17) is 0 Å². The van der Waals surface area contributed by atoms with E-state index in [0.717, 1.165) is 6.54 Å². The molecular weight excluding hydrogens is 237 g/mol. The van der Waals surface area contributed by atoms with E-state index in [1.807, 2.05) is 6.92 Å². The van der Waals surface area contributed by atoms with Crippen LogP contribution in [0.5, 0.6) is 0 Å². The van der Waals surface area contributed by atoms with Crippen LogP contribution in [0.4, 0.5) is 4.39 Å². The predicted octanol–water partition coefficient (Wildman–Crippen LogP) is 2.57. The molecule has 0 saturated heterocycles. The molecule has 1 N–H and O–H groups in total. The second-order valence-electron chi connectivity index (χ2n) is 4.35. The average Bonchev–Trinajstić information content (AvgIpc) is 2.28. The molecule has 4 heteroatoms. The Morgan fingerprint density at radius 3 is 2.53 bits per heavy atom. The predicted molar refractivity (Wildman–Crippen MR) is 70.0 cm³/mol. The summed E-state index contributed by atoms with van der Waals surface area (Å²) in [4.78, 5) is 0.302. The first-order valence-corrected chi connectivity index (χ1v) is 7.24. The summed E-state index contributed by atoms with van der Waals surface area (Å²) in [5, 5.41) is 3.29. The molecule has 1 aromatic carbocycles. The fourth-order valence-corrected chi connectivity index (χ4v) is 3.16. The molecule has 0 aromatic heterocycles. The Balaban J connectivity index is 2.74. The second kappa shape index (κ2) is 6.87. The van der Waals surface area contributed by atoms with Crippen molar-refractivity contribution in [2.24, 2.45) is 5.92 Å². The van der Waals surface area contributed by atoms with Gasteiger partial charge in [0.15, 0.2) is 0 Å². The van der Waals surface area contributed by atoms with Crippen LogP contribution >= 0.6 is 0 Å². The van der Waals surface area contributed by atoms with Gasteiger partial charge in [-0.1, -0.05) is 32.9 Å². The zero-order valence-electron chi connectivity index (χ0n) is 10.6. The van der Waals surface area contributed by atoms with Crippen LogP contribution in [0, 0.1) is 11.7 Å². The van der Waals surface area contributed by atoms with Crippen LogP contribution < -0.4 is 5.32 Å². The van der Waals surface area contributed by atoms with Crippen LogP contribution in [0.1, 0.15) is 20.8 Å². The van der Waals surface area contributed by atoms with Gasteiger partial charge in [0.05, 0.1) is 15.7 Å². The molecule has 2 nitrogen and oxygen atoms in total. The van der Waals surface area contributed by atoms with E-state index in [2.05, 4.69) is 19.2 Å². The van der Waals surface area contributed by atoms with Gasteiger partial charge < -0.3 is 5.32 Å². The topological polar surface area (TPSA) is 29.1 Å². The minimum Gasteiger partial charge on any atom is -0.313 e. The lowest BCUT2D eigenvalue weighted by atomic mass is 10.1. The molecule has 0 saturated carbocycles. The lowest BCUT2D eigenvalue weighted by Crippen LogP contribution is -2.38. The molecule has 1 rings (SSSR count). The Labute approximate surface area is 105 Å². The molecule has 0 heterocycles. The van der Waals surface area contributed by atoms with E-state index in [1.165, 1.54) is 6.07 Å². The van der Waals surface area contributed by atoms with Gasteiger partial charge in [0, 0.05) is 11.8 Å². The van der Waals surface area contributed by atoms with Crippen molar-refractivity contribution >= 4 is 10.8 Å². The van der Waals surface area contributed by atoms with E-state index >= 15 is 0 Å². The lowest BCUT2D eigenvalue weighted by Gasteiger charge is -2.21. The first-order chi connectivity index (χ1) is 8.06. The van der Waals surface area contributed by atoms with Gasteiger partial charge in [0.2, 0.25) is 0 Å². The third-order valence-electron chi connectivity index (χ3n) is 2.68. The minimum absolute atomic E-state index is 0.153. The number of hydrogen-bond acceptors (Lipinski definition) is 2. The minimum atomic E-state index is -1.28. The molecule has 0 amide bonds. The molecule has 2 unspecified atom stereocenters. The molecule has 0 bridgehead atoms. The first kappa shape index (κ1) is 14.3. The Bertz CT molecular complexity index is 381. The van der Waals surface area contributed by atoms with Crippen molar-refractivity contribution in [2.45, 2.75) is 31.7 Å². The van der Waals surface area contributed by atoms with Gasteiger partial charge >= 0.3 is 0 Å². The maximum Gasteiger partial charge on any atom is 0.139 e. The van der Waals surface area contributed by atoms with Crippen molar-refractivity contribution < 1.29 is 8.60 Å². The highest BCUT2D eigenvalue weighted by atomic mass is 32.2. The Hall–Kier alpha value is -0.740. The number of benzene rings is 1. The molecule has 96 valence electrons. The smallest absolute Gasteiger partial charge is 0.139 e. The second-order valence-corrected chi connectivity index (χ2v) is 5.82.